The van der Waals surface area contributed by atoms with Gasteiger partial charge in [-0.15, -0.1) is 11.3 Å². The topological polar surface area (TPSA) is 24.1 Å². The van der Waals surface area contributed by atoms with Gasteiger partial charge < -0.3 is 10.6 Å². The maximum atomic E-state index is 3.77. The molecule has 1 atom stereocenters. The van der Waals surface area contributed by atoms with E-state index in [1.807, 2.05) is 11.3 Å². The van der Waals surface area contributed by atoms with Crippen LogP contribution in [0.1, 0.15) is 45.4 Å². The van der Waals surface area contributed by atoms with Crippen molar-refractivity contribution in [3.63, 3.8) is 0 Å². The van der Waals surface area contributed by atoms with Crippen molar-refractivity contribution in [3.05, 3.63) is 22.4 Å². The first-order chi connectivity index (χ1) is 8.39. The zero-order valence-corrected chi connectivity index (χ0v) is 12.9. The molecule has 3 heteroatoms. The molecule has 0 saturated carbocycles. The van der Waals surface area contributed by atoms with E-state index in [4.69, 9.17) is 0 Å². The molecule has 2 nitrogen and oxygen atoms in total. The molecule has 2 heterocycles. The van der Waals surface area contributed by atoms with E-state index >= 15 is 0 Å². The summed E-state index contributed by atoms with van der Waals surface area (Å²) in [6.07, 6.45) is 2.46. The van der Waals surface area contributed by atoms with Gasteiger partial charge in [-0.05, 0) is 44.7 Å². The van der Waals surface area contributed by atoms with Crippen LogP contribution in [-0.2, 0) is 5.41 Å². The maximum absolute atomic E-state index is 3.77. The van der Waals surface area contributed by atoms with Crippen LogP contribution in [0.15, 0.2) is 17.5 Å². The third kappa shape index (κ3) is 3.56. The average Bonchev–Trinajstić information content (AvgIpc) is 2.79. The predicted octanol–water partition coefficient (Wildman–Crippen LogP) is 3.15. The first-order valence-electron chi connectivity index (χ1n) is 6.91. The molecule has 0 radical (unpaired) electrons. The molecule has 1 aromatic rings. The standard InChI is InChI=1S/C15H26N2S/c1-14(2,13-6-5-9-18-13)11-16-12-7-8-17-15(3,4)10-12/h5-6,9,12,16-17H,7-8,10-11H2,1-4H3. The summed E-state index contributed by atoms with van der Waals surface area (Å²) in [6.45, 7) is 11.4. The van der Waals surface area contributed by atoms with Gasteiger partial charge in [0.15, 0.2) is 0 Å². The molecule has 2 rings (SSSR count). The molecular weight excluding hydrogens is 240 g/mol. The van der Waals surface area contributed by atoms with Crippen LogP contribution in [0.5, 0.6) is 0 Å². The summed E-state index contributed by atoms with van der Waals surface area (Å²) in [4.78, 5) is 1.48. The SMILES string of the molecule is CC1(C)CC(NCC(C)(C)c2cccs2)CCN1. The molecule has 102 valence electrons. The fourth-order valence-corrected chi connectivity index (χ4v) is 3.55. The largest absolute Gasteiger partial charge is 0.313 e. The van der Waals surface area contributed by atoms with Crippen LogP contribution in [0.25, 0.3) is 0 Å². The van der Waals surface area contributed by atoms with Gasteiger partial charge in [0.1, 0.15) is 0 Å². The number of hydrogen-bond acceptors (Lipinski definition) is 3. The number of rotatable bonds is 4. The van der Waals surface area contributed by atoms with Crippen LogP contribution in [0.4, 0.5) is 0 Å². The summed E-state index contributed by atoms with van der Waals surface area (Å²) in [5.74, 6) is 0. The Balaban J connectivity index is 1.88. The van der Waals surface area contributed by atoms with Gasteiger partial charge in [0.05, 0.1) is 0 Å². The molecule has 1 fully saturated rings. The van der Waals surface area contributed by atoms with Crippen molar-refractivity contribution in [3.8, 4) is 0 Å². The molecule has 0 bridgehead atoms. The molecule has 0 amide bonds. The van der Waals surface area contributed by atoms with Crippen molar-refractivity contribution >= 4 is 11.3 Å². The van der Waals surface area contributed by atoms with E-state index in [0.29, 0.717) is 6.04 Å². The van der Waals surface area contributed by atoms with Gasteiger partial charge in [-0.1, -0.05) is 19.9 Å². The number of thiophene rings is 1. The Kier molecular flexibility index (Phi) is 4.15. The van der Waals surface area contributed by atoms with Gasteiger partial charge in [-0.25, -0.2) is 0 Å². The third-order valence-corrected chi connectivity index (χ3v) is 5.11. The summed E-state index contributed by atoms with van der Waals surface area (Å²) in [6, 6.07) is 5.05. The van der Waals surface area contributed by atoms with Crippen molar-refractivity contribution in [1.29, 1.82) is 0 Å². The first kappa shape index (κ1) is 14.0. The van der Waals surface area contributed by atoms with Gasteiger partial charge in [0.2, 0.25) is 0 Å². The fraction of sp³-hybridized carbons (Fsp3) is 0.733. The van der Waals surface area contributed by atoms with Crippen molar-refractivity contribution < 1.29 is 0 Å². The summed E-state index contributed by atoms with van der Waals surface area (Å²) in [5, 5.41) is 9.52. The molecule has 1 aromatic heterocycles. The normalized spacial score (nSPS) is 24.1. The van der Waals surface area contributed by atoms with E-state index in [9.17, 15) is 0 Å². The molecule has 0 spiro atoms. The van der Waals surface area contributed by atoms with Gasteiger partial charge in [-0.3, -0.25) is 0 Å². The Labute approximate surface area is 115 Å². The highest BCUT2D eigenvalue weighted by Crippen LogP contribution is 2.27. The van der Waals surface area contributed by atoms with Gasteiger partial charge in [0.25, 0.3) is 0 Å². The zero-order valence-electron chi connectivity index (χ0n) is 12.0. The third-order valence-electron chi connectivity index (χ3n) is 3.87. The van der Waals surface area contributed by atoms with Gasteiger partial charge in [0, 0.05) is 28.4 Å². The summed E-state index contributed by atoms with van der Waals surface area (Å²) in [5.41, 5.74) is 0.520. The van der Waals surface area contributed by atoms with Gasteiger partial charge in [-0.2, -0.15) is 0 Å². The quantitative estimate of drug-likeness (QED) is 0.875. The van der Waals surface area contributed by atoms with Crippen LogP contribution in [0, 0.1) is 0 Å². The van der Waals surface area contributed by atoms with Crippen molar-refractivity contribution in [2.75, 3.05) is 13.1 Å². The van der Waals surface area contributed by atoms with Crippen LogP contribution in [0.2, 0.25) is 0 Å². The van der Waals surface area contributed by atoms with E-state index in [1.54, 1.807) is 0 Å². The van der Waals surface area contributed by atoms with E-state index < -0.39 is 0 Å². The second-order valence-electron chi connectivity index (χ2n) is 6.74. The Hall–Kier alpha value is -0.380. The molecular formula is C15H26N2S. The number of hydrogen-bond donors (Lipinski definition) is 2. The number of piperidine rings is 1. The van der Waals surface area contributed by atoms with Crippen molar-refractivity contribution in [2.24, 2.45) is 0 Å². The fourth-order valence-electron chi connectivity index (χ4n) is 2.70. The Bertz CT molecular complexity index is 368. The smallest absolute Gasteiger partial charge is 0.0139 e. The van der Waals surface area contributed by atoms with Crippen molar-refractivity contribution in [2.45, 2.75) is 57.5 Å². The lowest BCUT2D eigenvalue weighted by Gasteiger charge is -2.38. The minimum atomic E-state index is 0.239. The first-order valence-corrected chi connectivity index (χ1v) is 7.79. The van der Waals surface area contributed by atoms with Crippen LogP contribution < -0.4 is 10.6 Å². The molecule has 2 N–H and O–H groups in total. The molecule has 0 aromatic carbocycles. The zero-order chi connectivity index (χ0) is 13.2. The van der Waals surface area contributed by atoms with Crippen molar-refractivity contribution in [1.82, 2.24) is 10.6 Å². The molecule has 1 aliphatic rings. The van der Waals surface area contributed by atoms with E-state index in [-0.39, 0.29) is 11.0 Å². The summed E-state index contributed by atoms with van der Waals surface area (Å²) >= 11 is 1.86. The predicted molar refractivity (Wildman–Crippen MR) is 80.5 cm³/mol. The van der Waals surface area contributed by atoms with E-state index in [2.05, 4.69) is 55.8 Å². The minimum absolute atomic E-state index is 0.239. The Morgan fingerprint density at radius 2 is 2.28 bits per heavy atom. The Morgan fingerprint density at radius 1 is 1.50 bits per heavy atom. The lowest BCUT2D eigenvalue weighted by molar-refractivity contribution is 0.240. The van der Waals surface area contributed by atoms with E-state index in [1.165, 1.54) is 17.7 Å². The van der Waals surface area contributed by atoms with Crippen LogP contribution in [0.3, 0.4) is 0 Å². The van der Waals surface area contributed by atoms with Crippen LogP contribution in [-0.4, -0.2) is 24.7 Å². The number of nitrogens with one attached hydrogen (secondary N) is 2. The molecule has 1 unspecified atom stereocenters. The average molecular weight is 266 g/mol. The summed E-state index contributed by atoms with van der Waals surface area (Å²) in [7, 11) is 0. The highest BCUT2D eigenvalue weighted by molar-refractivity contribution is 7.10. The summed E-state index contributed by atoms with van der Waals surface area (Å²) < 4.78 is 0. The lowest BCUT2D eigenvalue weighted by atomic mass is 9.87. The second kappa shape index (κ2) is 5.32. The highest BCUT2D eigenvalue weighted by atomic mass is 32.1. The van der Waals surface area contributed by atoms with E-state index in [0.717, 1.165) is 13.1 Å². The maximum Gasteiger partial charge on any atom is 0.0139 e. The molecule has 0 aliphatic carbocycles. The van der Waals surface area contributed by atoms with Crippen LogP contribution >= 0.6 is 11.3 Å². The van der Waals surface area contributed by atoms with Gasteiger partial charge >= 0.3 is 0 Å². The lowest BCUT2D eigenvalue weighted by Crippen LogP contribution is -2.53. The Morgan fingerprint density at radius 3 is 2.89 bits per heavy atom. The minimum Gasteiger partial charge on any atom is -0.313 e. The molecule has 1 saturated heterocycles. The molecule has 1 aliphatic heterocycles. The highest BCUT2D eigenvalue weighted by Gasteiger charge is 2.29. The monoisotopic (exact) mass is 266 g/mol. The molecule has 18 heavy (non-hydrogen) atoms. The second-order valence-corrected chi connectivity index (χ2v) is 7.69.